The maximum absolute atomic E-state index is 11.6. The maximum Gasteiger partial charge on any atom is 0.253 e. The molecule has 0 amide bonds. The van der Waals surface area contributed by atoms with Crippen LogP contribution < -0.4 is 21.1 Å². The lowest BCUT2D eigenvalue weighted by Gasteiger charge is -2.24. The normalized spacial score (nSPS) is 11.2. The van der Waals surface area contributed by atoms with Gasteiger partial charge in [-0.05, 0) is 20.5 Å². The van der Waals surface area contributed by atoms with Gasteiger partial charge in [0.05, 0.1) is 0 Å². The van der Waals surface area contributed by atoms with Crippen molar-refractivity contribution in [3.63, 3.8) is 0 Å². The lowest BCUT2D eigenvalue weighted by atomic mass is 10.1. The van der Waals surface area contributed by atoms with E-state index in [0.717, 1.165) is 32.5 Å². The number of hydrogen-bond acceptors (Lipinski definition) is 5. The Hall–Kier alpha value is -1.36. The van der Waals surface area contributed by atoms with E-state index in [4.69, 9.17) is 0 Å². The molecule has 1 aromatic carbocycles. The zero-order valence-corrected chi connectivity index (χ0v) is 11.7. The SMILES string of the molecule is CCCCNc1c(N(C)CCN(C)C)c(=O)c1=O. The Kier molecular flexibility index (Phi) is 5.34. The molecule has 0 saturated carbocycles. The lowest BCUT2D eigenvalue weighted by molar-refractivity contribution is 0.416. The van der Waals surface area contributed by atoms with Crippen LogP contribution in [-0.2, 0) is 0 Å². The molecule has 0 radical (unpaired) electrons. The molecule has 0 heterocycles. The summed E-state index contributed by atoms with van der Waals surface area (Å²) in [7, 11) is 5.82. The molecular formula is C13H23N3O2. The van der Waals surface area contributed by atoms with Gasteiger partial charge < -0.3 is 15.1 Å². The van der Waals surface area contributed by atoms with Crippen molar-refractivity contribution in [2.75, 3.05) is 51.0 Å². The van der Waals surface area contributed by atoms with E-state index in [1.165, 1.54) is 0 Å². The number of likely N-dealkylation sites (N-methyl/N-ethyl adjacent to an activating group) is 2. The summed E-state index contributed by atoms with van der Waals surface area (Å²) in [5, 5.41) is 3.07. The first-order chi connectivity index (χ1) is 8.49. The summed E-state index contributed by atoms with van der Waals surface area (Å²) < 4.78 is 0. The van der Waals surface area contributed by atoms with Crippen LogP contribution in [-0.4, -0.2) is 45.7 Å². The summed E-state index contributed by atoms with van der Waals surface area (Å²) in [6.07, 6.45) is 2.06. The monoisotopic (exact) mass is 253 g/mol. The molecule has 0 atom stereocenters. The number of unbranched alkanes of at least 4 members (excludes halogenated alkanes) is 1. The van der Waals surface area contributed by atoms with Crippen LogP contribution in [0.3, 0.4) is 0 Å². The molecule has 0 fully saturated rings. The van der Waals surface area contributed by atoms with E-state index in [0.29, 0.717) is 11.4 Å². The van der Waals surface area contributed by atoms with Gasteiger partial charge in [0.1, 0.15) is 11.4 Å². The number of anilines is 2. The Balaban J connectivity index is 2.67. The van der Waals surface area contributed by atoms with E-state index in [9.17, 15) is 9.59 Å². The summed E-state index contributed by atoms with van der Waals surface area (Å²) in [4.78, 5) is 27.0. The van der Waals surface area contributed by atoms with E-state index in [1.807, 2.05) is 30.9 Å². The fourth-order valence-electron chi connectivity index (χ4n) is 1.76. The molecule has 0 unspecified atom stereocenters. The number of rotatable bonds is 8. The molecule has 0 aliphatic heterocycles. The van der Waals surface area contributed by atoms with Gasteiger partial charge in [-0.25, -0.2) is 0 Å². The van der Waals surface area contributed by atoms with Crippen LogP contribution >= 0.6 is 0 Å². The van der Waals surface area contributed by atoms with Crippen LogP contribution in [0, 0.1) is 0 Å². The quantitative estimate of drug-likeness (QED) is 0.540. The topological polar surface area (TPSA) is 52.6 Å². The molecule has 0 aromatic heterocycles. The Bertz CT molecular complexity index is 447. The smallest absolute Gasteiger partial charge is 0.253 e. The van der Waals surface area contributed by atoms with Gasteiger partial charge in [0, 0.05) is 26.7 Å². The summed E-state index contributed by atoms with van der Waals surface area (Å²) >= 11 is 0. The van der Waals surface area contributed by atoms with Crippen LogP contribution in [0.4, 0.5) is 11.4 Å². The second-order valence-corrected chi connectivity index (χ2v) is 4.89. The van der Waals surface area contributed by atoms with Gasteiger partial charge in [-0.2, -0.15) is 0 Å². The minimum Gasteiger partial charge on any atom is -0.380 e. The Labute approximate surface area is 108 Å². The molecule has 0 saturated heterocycles. The zero-order chi connectivity index (χ0) is 13.7. The van der Waals surface area contributed by atoms with Crippen molar-refractivity contribution in [3.8, 4) is 0 Å². The predicted octanol–water partition coefficient (Wildman–Crippen LogP) is 0.492. The van der Waals surface area contributed by atoms with Gasteiger partial charge in [0.25, 0.3) is 10.9 Å². The van der Waals surface area contributed by atoms with Crippen molar-refractivity contribution in [3.05, 3.63) is 20.4 Å². The first kappa shape index (κ1) is 14.7. The van der Waals surface area contributed by atoms with Crippen molar-refractivity contribution in [1.82, 2.24) is 4.90 Å². The van der Waals surface area contributed by atoms with Gasteiger partial charge in [0.2, 0.25) is 0 Å². The van der Waals surface area contributed by atoms with Crippen LogP contribution in [0.1, 0.15) is 19.8 Å². The van der Waals surface area contributed by atoms with Crippen molar-refractivity contribution in [2.45, 2.75) is 19.8 Å². The molecule has 1 aromatic rings. The highest BCUT2D eigenvalue weighted by Crippen LogP contribution is 2.18. The minimum absolute atomic E-state index is 0.366. The molecule has 5 heteroatoms. The second kappa shape index (κ2) is 6.54. The fraction of sp³-hybridized carbons (Fsp3) is 0.692. The summed E-state index contributed by atoms with van der Waals surface area (Å²) in [6.45, 7) is 4.42. The predicted molar refractivity (Wildman–Crippen MR) is 76.6 cm³/mol. The first-order valence-electron chi connectivity index (χ1n) is 6.42. The molecule has 18 heavy (non-hydrogen) atoms. The minimum atomic E-state index is -0.377. The van der Waals surface area contributed by atoms with Gasteiger partial charge >= 0.3 is 0 Å². The van der Waals surface area contributed by atoms with E-state index >= 15 is 0 Å². The molecule has 1 rings (SSSR count). The van der Waals surface area contributed by atoms with E-state index in [-0.39, 0.29) is 10.9 Å². The van der Waals surface area contributed by atoms with Crippen LogP contribution in [0.25, 0.3) is 0 Å². The largest absolute Gasteiger partial charge is 0.380 e. The van der Waals surface area contributed by atoms with Crippen molar-refractivity contribution < 1.29 is 0 Å². The van der Waals surface area contributed by atoms with E-state index in [2.05, 4.69) is 12.2 Å². The highest BCUT2D eigenvalue weighted by Gasteiger charge is 2.23. The van der Waals surface area contributed by atoms with Gasteiger partial charge in [-0.15, -0.1) is 0 Å². The van der Waals surface area contributed by atoms with E-state index < -0.39 is 0 Å². The highest BCUT2D eigenvalue weighted by molar-refractivity contribution is 5.74. The average molecular weight is 253 g/mol. The van der Waals surface area contributed by atoms with Crippen molar-refractivity contribution in [1.29, 1.82) is 0 Å². The first-order valence-corrected chi connectivity index (χ1v) is 6.42. The zero-order valence-electron chi connectivity index (χ0n) is 11.7. The molecule has 1 N–H and O–H groups in total. The van der Waals surface area contributed by atoms with Gasteiger partial charge in [-0.3, -0.25) is 9.59 Å². The van der Waals surface area contributed by atoms with Crippen molar-refractivity contribution >= 4 is 11.4 Å². The lowest BCUT2D eigenvalue weighted by Crippen LogP contribution is -2.43. The molecule has 0 spiro atoms. The number of nitrogens with one attached hydrogen (secondary N) is 1. The number of hydrogen-bond donors (Lipinski definition) is 1. The molecule has 0 aliphatic carbocycles. The van der Waals surface area contributed by atoms with Gasteiger partial charge in [-0.1, -0.05) is 13.3 Å². The molecule has 5 nitrogen and oxygen atoms in total. The third kappa shape index (κ3) is 3.32. The average Bonchev–Trinajstić information content (AvgIpc) is 2.34. The molecular weight excluding hydrogens is 230 g/mol. The third-order valence-electron chi connectivity index (χ3n) is 2.98. The summed E-state index contributed by atoms with van der Waals surface area (Å²) in [6, 6.07) is 0. The maximum atomic E-state index is 11.6. The van der Waals surface area contributed by atoms with Gasteiger partial charge in [0.15, 0.2) is 0 Å². The summed E-state index contributed by atoms with van der Waals surface area (Å²) in [5.74, 6) is 0. The third-order valence-corrected chi connectivity index (χ3v) is 2.98. The fourth-order valence-corrected chi connectivity index (χ4v) is 1.76. The number of nitrogens with zero attached hydrogens (tertiary/aromatic N) is 2. The Morgan fingerprint density at radius 2 is 1.72 bits per heavy atom. The second-order valence-electron chi connectivity index (χ2n) is 4.89. The standard InChI is InChI=1S/C13H23N3O2/c1-5-6-7-14-10-11(13(18)12(10)17)16(4)9-8-15(2)3/h14H,5-9H2,1-4H3. The van der Waals surface area contributed by atoms with Crippen molar-refractivity contribution in [2.24, 2.45) is 0 Å². The molecule has 102 valence electrons. The Morgan fingerprint density at radius 3 is 2.28 bits per heavy atom. The Morgan fingerprint density at radius 1 is 1.06 bits per heavy atom. The summed E-state index contributed by atoms with van der Waals surface area (Å²) in [5.41, 5.74) is 0.292. The van der Waals surface area contributed by atoms with Crippen LogP contribution in [0.15, 0.2) is 9.59 Å². The molecule has 0 aliphatic rings. The van der Waals surface area contributed by atoms with Crippen LogP contribution in [0.2, 0.25) is 0 Å². The highest BCUT2D eigenvalue weighted by atomic mass is 16.2. The molecule has 0 bridgehead atoms. The van der Waals surface area contributed by atoms with Crippen LogP contribution in [0.5, 0.6) is 0 Å². The van der Waals surface area contributed by atoms with E-state index in [1.54, 1.807) is 0 Å².